The Bertz CT molecular complexity index is 1330. The highest BCUT2D eigenvalue weighted by molar-refractivity contribution is 7.14. The third-order valence-electron chi connectivity index (χ3n) is 5.08. The Morgan fingerprint density at radius 3 is 2.70 bits per heavy atom. The first-order chi connectivity index (χ1) is 14.7. The monoisotopic (exact) mass is 413 g/mol. The van der Waals surface area contributed by atoms with Gasteiger partial charge in [-0.2, -0.15) is 9.61 Å². The van der Waals surface area contributed by atoms with E-state index in [9.17, 15) is 5.11 Å². The first-order valence-electron chi connectivity index (χ1n) is 9.55. The summed E-state index contributed by atoms with van der Waals surface area (Å²) in [5.74, 6) is 0.892. The maximum Gasteiger partial charge on any atom is 0.219 e. The molecule has 0 unspecified atom stereocenters. The number of hydrogen-bond acceptors (Lipinski definition) is 5. The quantitative estimate of drug-likeness (QED) is 0.417. The van der Waals surface area contributed by atoms with Crippen molar-refractivity contribution in [3.05, 3.63) is 89.6 Å². The largest absolute Gasteiger partial charge is 0.497 e. The van der Waals surface area contributed by atoms with Crippen molar-refractivity contribution in [1.29, 1.82) is 0 Å². The number of fused-ring (bicyclic) bond motifs is 1. The number of ether oxygens (including phenoxy) is 1. The van der Waals surface area contributed by atoms with Gasteiger partial charge in [0, 0.05) is 23.1 Å². The number of methoxy groups -OCH3 is 1. The van der Waals surface area contributed by atoms with Crippen molar-refractivity contribution in [3.8, 4) is 33.2 Å². The van der Waals surface area contributed by atoms with Crippen LogP contribution < -0.4 is 4.74 Å². The minimum absolute atomic E-state index is 0.105. The average molecular weight is 414 g/mol. The third kappa shape index (κ3) is 3.31. The molecule has 5 rings (SSSR count). The van der Waals surface area contributed by atoms with Crippen LogP contribution in [0.5, 0.6) is 11.6 Å². The van der Waals surface area contributed by atoms with E-state index in [1.165, 1.54) is 10.1 Å². The van der Waals surface area contributed by atoms with E-state index >= 15 is 0 Å². The molecule has 0 saturated carbocycles. The van der Waals surface area contributed by atoms with Gasteiger partial charge in [0.1, 0.15) is 5.75 Å². The van der Waals surface area contributed by atoms with Gasteiger partial charge in [-0.15, -0.1) is 11.3 Å². The number of thiophene rings is 1. The molecule has 148 valence electrons. The fourth-order valence-electron chi connectivity index (χ4n) is 3.51. The molecule has 0 atom stereocenters. The summed E-state index contributed by atoms with van der Waals surface area (Å²) >= 11 is 1.64. The lowest BCUT2D eigenvalue weighted by molar-refractivity contribution is 0.414. The molecule has 0 aliphatic carbocycles. The van der Waals surface area contributed by atoms with E-state index < -0.39 is 0 Å². The Morgan fingerprint density at radius 2 is 1.87 bits per heavy atom. The Kier molecular flexibility index (Phi) is 4.69. The van der Waals surface area contributed by atoms with Crippen LogP contribution >= 0.6 is 11.3 Å². The maximum absolute atomic E-state index is 10.8. The highest BCUT2D eigenvalue weighted by Crippen LogP contribution is 2.35. The summed E-state index contributed by atoms with van der Waals surface area (Å²) in [6.45, 7) is 0. The molecule has 2 aromatic carbocycles. The number of nitrogens with zero attached hydrogens (tertiary/aromatic N) is 3. The minimum atomic E-state index is 0.105. The van der Waals surface area contributed by atoms with Crippen molar-refractivity contribution >= 4 is 17.0 Å². The molecular weight excluding hydrogens is 394 g/mol. The molecule has 0 fully saturated rings. The van der Waals surface area contributed by atoms with Crippen LogP contribution in [0, 0.1) is 0 Å². The van der Waals surface area contributed by atoms with Crippen LogP contribution in [-0.4, -0.2) is 26.8 Å². The standard InChI is InChI=1S/C24H19N3O2S/c1-29-20-9-5-6-16(11-20)10-18-13-25-23-21(14-26-27(23)24(18)28)22-12-19(15-30-22)17-7-3-2-4-8-17/h2-9,11-15,28H,10H2,1H3. The molecule has 0 aliphatic rings. The number of hydrogen-bond donors (Lipinski definition) is 1. The summed E-state index contributed by atoms with van der Waals surface area (Å²) < 4.78 is 6.79. The van der Waals surface area contributed by atoms with Gasteiger partial charge in [0.05, 0.1) is 18.9 Å². The van der Waals surface area contributed by atoms with Crippen LogP contribution in [0.4, 0.5) is 0 Å². The van der Waals surface area contributed by atoms with Gasteiger partial charge in [-0.25, -0.2) is 4.98 Å². The van der Waals surface area contributed by atoms with Crippen LogP contribution in [0.15, 0.2) is 78.4 Å². The molecule has 1 N–H and O–H groups in total. The molecule has 5 nitrogen and oxygen atoms in total. The number of aromatic hydroxyl groups is 1. The molecule has 0 bridgehead atoms. The van der Waals surface area contributed by atoms with Crippen molar-refractivity contribution in [3.63, 3.8) is 0 Å². The zero-order valence-electron chi connectivity index (χ0n) is 16.3. The Hall–Kier alpha value is -3.64. The molecule has 0 aliphatic heterocycles. The van der Waals surface area contributed by atoms with E-state index in [2.05, 4.69) is 33.7 Å². The van der Waals surface area contributed by atoms with Crippen LogP contribution in [0.1, 0.15) is 11.1 Å². The topological polar surface area (TPSA) is 59.7 Å². The van der Waals surface area contributed by atoms with Crippen molar-refractivity contribution in [2.75, 3.05) is 7.11 Å². The molecule has 0 amide bonds. The Balaban J connectivity index is 1.49. The zero-order chi connectivity index (χ0) is 20.5. The fourth-order valence-corrected chi connectivity index (χ4v) is 4.44. The highest BCUT2D eigenvalue weighted by atomic mass is 32.1. The van der Waals surface area contributed by atoms with Crippen molar-refractivity contribution in [1.82, 2.24) is 14.6 Å². The number of benzene rings is 2. The van der Waals surface area contributed by atoms with Gasteiger partial charge in [0.2, 0.25) is 5.88 Å². The van der Waals surface area contributed by atoms with E-state index in [0.717, 1.165) is 27.3 Å². The first-order valence-corrected chi connectivity index (χ1v) is 10.4. The molecule has 5 aromatic rings. The van der Waals surface area contributed by atoms with Crippen molar-refractivity contribution in [2.45, 2.75) is 6.42 Å². The SMILES string of the molecule is COc1cccc(Cc2cnc3c(-c4cc(-c5ccccc5)cs4)cnn3c2O)c1. The summed E-state index contributed by atoms with van der Waals surface area (Å²) in [6.07, 6.45) is 4.03. The predicted octanol–water partition coefficient (Wildman–Crippen LogP) is 5.43. The predicted molar refractivity (Wildman–Crippen MR) is 119 cm³/mol. The van der Waals surface area contributed by atoms with Crippen molar-refractivity contribution in [2.24, 2.45) is 0 Å². The normalized spacial score (nSPS) is 11.1. The van der Waals surface area contributed by atoms with Gasteiger partial charge in [-0.3, -0.25) is 0 Å². The van der Waals surface area contributed by atoms with Crippen LogP contribution in [0.25, 0.3) is 27.2 Å². The average Bonchev–Trinajstić information content (AvgIpc) is 3.44. The molecule has 3 heterocycles. The van der Waals surface area contributed by atoms with Gasteiger partial charge >= 0.3 is 0 Å². The highest BCUT2D eigenvalue weighted by Gasteiger charge is 2.16. The van der Waals surface area contributed by atoms with Gasteiger partial charge in [0.25, 0.3) is 0 Å². The molecular formula is C24H19N3O2S. The molecule has 6 heteroatoms. The molecule has 30 heavy (non-hydrogen) atoms. The smallest absolute Gasteiger partial charge is 0.219 e. The molecule has 0 spiro atoms. The first kappa shape index (κ1) is 18.4. The summed E-state index contributed by atoms with van der Waals surface area (Å²) in [7, 11) is 1.64. The lowest BCUT2D eigenvalue weighted by Crippen LogP contribution is -1.98. The van der Waals surface area contributed by atoms with E-state index in [1.807, 2.05) is 42.5 Å². The number of rotatable bonds is 5. The minimum Gasteiger partial charge on any atom is -0.497 e. The second-order valence-electron chi connectivity index (χ2n) is 6.99. The fraction of sp³-hybridized carbons (Fsp3) is 0.0833. The van der Waals surface area contributed by atoms with Crippen LogP contribution in [-0.2, 0) is 6.42 Å². The summed E-state index contributed by atoms with van der Waals surface area (Å²) in [5, 5.41) is 17.3. The van der Waals surface area contributed by atoms with Gasteiger partial charge in [0.15, 0.2) is 5.65 Å². The second-order valence-corrected chi connectivity index (χ2v) is 7.91. The molecule has 0 saturated heterocycles. The Labute approximate surface area is 177 Å². The summed E-state index contributed by atoms with van der Waals surface area (Å²) in [5.41, 5.74) is 5.63. The van der Waals surface area contributed by atoms with Crippen LogP contribution in [0.3, 0.4) is 0 Å². The maximum atomic E-state index is 10.8. The number of aromatic nitrogens is 3. The van der Waals surface area contributed by atoms with Gasteiger partial charge in [-0.1, -0.05) is 42.5 Å². The van der Waals surface area contributed by atoms with E-state index in [-0.39, 0.29) is 5.88 Å². The van der Waals surface area contributed by atoms with E-state index in [4.69, 9.17) is 4.74 Å². The molecule has 3 aromatic heterocycles. The van der Waals surface area contributed by atoms with Crippen molar-refractivity contribution < 1.29 is 9.84 Å². The third-order valence-corrected chi connectivity index (χ3v) is 6.04. The lowest BCUT2D eigenvalue weighted by atomic mass is 10.1. The van der Waals surface area contributed by atoms with Gasteiger partial charge in [-0.05, 0) is 40.3 Å². The summed E-state index contributed by atoms with van der Waals surface area (Å²) in [6, 6.07) is 20.2. The van der Waals surface area contributed by atoms with E-state index in [1.54, 1.807) is 30.8 Å². The zero-order valence-corrected chi connectivity index (χ0v) is 17.1. The Morgan fingerprint density at radius 1 is 1.00 bits per heavy atom. The van der Waals surface area contributed by atoms with Gasteiger partial charge < -0.3 is 9.84 Å². The van der Waals surface area contributed by atoms with E-state index in [0.29, 0.717) is 17.6 Å². The lowest BCUT2D eigenvalue weighted by Gasteiger charge is -2.07. The van der Waals surface area contributed by atoms with Crippen LogP contribution in [0.2, 0.25) is 0 Å². The second kappa shape index (κ2) is 7.65. The summed E-state index contributed by atoms with van der Waals surface area (Å²) in [4.78, 5) is 5.68. The molecule has 0 radical (unpaired) electrons.